The monoisotopic (exact) mass is 428 g/mol. The second kappa shape index (κ2) is 9.28. The van der Waals surface area contributed by atoms with E-state index in [1.807, 2.05) is 39.0 Å². The van der Waals surface area contributed by atoms with E-state index < -0.39 is 11.7 Å². The summed E-state index contributed by atoms with van der Waals surface area (Å²) in [5.41, 5.74) is 3.40. The highest BCUT2D eigenvalue weighted by molar-refractivity contribution is 6.01. The van der Waals surface area contributed by atoms with Crippen molar-refractivity contribution in [2.45, 2.75) is 32.9 Å². The van der Waals surface area contributed by atoms with Gasteiger partial charge in [-0.2, -0.15) is 10.5 Å². The van der Waals surface area contributed by atoms with Crippen LogP contribution in [0.25, 0.3) is 22.6 Å². The van der Waals surface area contributed by atoms with Gasteiger partial charge in [0.15, 0.2) is 0 Å². The van der Waals surface area contributed by atoms with E-state index >= 15 is 0 Å². The molecule has 1 aromatic heterocycles. The van der Waals surface area contributed by atoms with Gasteiger partial charge in [-0.1, -0.05) is 6.07 Å². The van der Waals surface area contributed by atoms with Crippen LogP contribution in [0.1, 0.15) is 43.0 Å². The van der Waals surface area contributed by atoms with Crippen molar-refractivity contribution in [3.8, 4) is 17.9 Å². The Kier molecular flexibility index (Phi) is 6.51. The van der Waals surface area contributed by atoms with Crippen molar-refractivity contribution >= 4 is 28.6 Å². The maximum Gasteiger partial charge on any atom is 0.407 e. The van der Waals surface area contributed by atoms with Crippen molar-refractivity contribution in [1.82, 2.24) is 10.3 Å². The molecule has 0 aliphatic heterocycles. The molecule has 7 heteroatoms. The number of ether oxygens (including phenoxy) is 2. The first-order valence-corrected chi connectivity index (χ1v) is 10.0. The van der Waals surface area contributed by atoms with Gasteiger partial charge in [-0.15, -0.1) is 0 Å². The number of hydrogen-bond acceptors (Lipinski definition) is 5. The molecule has 0 aliphatic rings. The number of nitriles is 2. The molecule has 32 heavy (non-hydrogen) atoms. The number of amides is 1. The lowest BCUT2D eigenvalue weighted by atomic mass is 10.0. The minimum Gasteiger partial charge on any atom is -0.496 e. The van der Waals surface area contributed by atoms with Crippen LogP contribution in [-0.2, 0) is 11.3 Å². The summed E-state index contributed by atoms with van der Waals surface area (Å²) < 4.78 is 10.7. The van der Waals surface area contributed by atoms with E-state index in [4.69, 9.17) is 9.47 Å². The van der Waals surface area contributed by atoms with Crippen molar-refractivity contribution in [2.24, 2.45) is 0 Å². The van der Waals surface area contributed by atoms with E-state index in [0.29, 0.717) is 34.6 Å². The number of fused-ring (bicyclic) bond motifs is 1. The minimum atomic E-state index is -0.571. The predicted molar refractivity (Wildman–Crippen MR) is 123 cm³/mol. The molecule has 2 N–H and O–H groups in total. The molecular weight excluding hydrogens is 404 g/mol. The molecule has 1 heterocycles. The van der Waals surface area contributed by atoms with E-state index in [1.54, 1.807) is 37.6 Å². The third-order valence-corrected chi connectivity index (χ3v) is 4.65. The van der Waals surface area contributed by atoms with Gasteiger partial charge in [0.25, 0.3) is 0 Å². The zero-order valence-corrected chi connectivity index (χ0v) is 18.4. The normalized spacial score (nSPS) is 11.5. The highest BCUT2D eigenvalue weighted by Crippen LogP contribution is 2.30. The summed E-state index contributed by atoms with van der Waals surface area (Å²) in [6, 6.07) is 15.1. The number of allylic oxidation sites excluding steroid dienone is 1. The van der Waals surface area contributed by atoms with Crippen LogP contribution < -0.4 is 10.1 Å². The number of alkyl carbamates (subject to hydrolysis) is 1. The van der Waals surface area contributed by atoms with Crippen molar-refractivity contribution in [1.29, 1.82) is 10.5 Å². The molecular formula is C25H24N4O3. The zero-order valence-electron chi connectivity index (χ0n) is 18.4. The molecule has 0 unspecified atom stereocenters. The molecule has 162 valence electrons. The number of nitrogens with zero attached hydrogens (tertiary/aromatic N) is 2. The zero-order chi connectivity index (χ0) is 23.3. The van der Waals surface area contributed by atoms with Gasteiger partial charge in [0, 0.05) is 34.8 Å². The fourth-order valence-electron chi connectivity index (χ4n) is 3.23. The summed E-state index contributed by atoms with van der Waals surface area (Å²) in [6.45, 7) is 5.71. The van der Waals surface area contributed by atoms with Gasteiger partial charge >= 0.3 is 6.09 Å². The lowest BCUT2D eigenvalue weighted by Crippen LogP contribution is -2.32. The number of benzene rings is 2. The van der Waals surface area contributed by atoms with E-state index in [0.717, 1.165) is 16.5 Å². The molecule has 2 aromatic carbocycles. The highest BCUT2D eigenvalue weighted by Gasteiger charge is 2.16. The average Bonchev–Trinajstić information content (AvgIpc) is 3.17. The number of carbonyl (C=O) groups excluding carboxylic acids is 1. The summed E-state index contributed by atoms with van der Waals surface area (Å²) in [5, 5.41) is 22.6. The molecule has 0 aliphatic carbocycles. The molecule has 0 radical (unpaired) electrons. The highest BCUT2D eigenvalue weighted by atomic mass is 16.6. The van der Waals surface area contributed by atoms with E-state index in [9.17, 15) is 15.3 Å². The van der Waals surface area contributed by atoms with E-state index in [-0.39, 0.29) is 0 Å². The van der Waals surface area contributed by atoms with Crippen LogP contribution in [0.4, 0.5) is 4.79 Å². The maximum atomic E-state index is 12.0. The van der Waals surface area contributed by atoms with Crippen molar-refractivity contribution < 1.29 is 14.3 Å². The molecule has 3 aromatic rings. The standard InChI is InChI=1S/C25H24N4O3/c1-25(2,3)32-24(30)29-14-17-5-7-22-20(10-17)21(15-28-22)19(13-27)11-18-9-16(12-26)6-8-23(18)31-4/h5-11,15,28H,14H2,1-4H3,(H,29,30)/b19-11+. The molecule has 0 bridgehead atoms. The molecule has 0 fully saturated rings. The first-order valence-electron chi connectivity index (χ1n) is 10.0. The van der Waals surface area contributed by atoms with Crippen LogP contribution in [0.2, 0.25) is 0 Å². The van der Waals surface area contributed by atoms with Gasteiger partial charge in [0.2, 0.25) is 0 Å². The summed E-state index contributed by atoms with van der Waals surface area (Å²) in [4.78, 5) is 15.1. The van der Waals surface area contributed by atoms with E-state index in [1.165, 1.54) is 0 Å². The largest absolute Gasteiger partial charge is 0.496 e. The number of rotatable bonds is 5. The summed E-state index contributed by atoms with van der Waals surface area (Å²) in [7, 11) is 1.54. The Labute approximate surface area is 186 Å². The minimum absolute atomic E-state index is 0.291. The lowest BCUT2D eigenvalue weighted by molar-refractivity contribution is 0.0523. The molecule has 0 saturated heterocycles. The first-order chi connectivity index (χ1) is 15.2. The Bertz CT molecular complexity index is 1270. The van der Waals surface area contributed by atoms with Gasteiger partial charge in [-0.3, -0.25) is 0 Å². The number of nitrogens with one attached hydrogen (secondary N) is 2. The number of methoxy groups -OCH3 is 1. The van der Waals surface area contributed by atoms with Gasteiger partial charge in [-0.25, -0.2) is 4.79 Å². The Morgan fingerprint density at radius 2 is 1.97 bits per heavy atom. The molecule has 3 rings (SSSR count). The topological polar surface area (TPSA) is 111 Å². The fourth-order valence-corrected chi connectivity index (χ4v) is 3.23. The van der Waals surface area contributed by atoms with E-state index in [2.05, 4.69) is 22.4 Å². The van der Waals surface area contributed by atoms with Crippen LogP contribution in [0.3, 0.4) is 0 Å². The van der Waals surface area contributed by atoms with Crippen LogP contribution in [0, 0.1) is 22.7 Å². The number of aromatic nitrogens is 1. The van der Waals surface area contributed by atoms with Crippen molar-refractivity contribution in [3.63, 3.8) is 0 Å². The van der Waals surface area contributed by atoms with Gasteiger partial charge < -0.3 is 19.8 Å². The predicted octanol–water partition coefficient (Wildman–Crippen LogP) is 5.14. The van der Waals surface area contributed by atoms with Gasteiger partial charge in [-0.05, 0) is 62.7 Å². The maximum absolute atomic E-state index is 12.0. The second-order valence-corrected chi connectivity index (χ2v) is 8.18. The smallest absolute Gasteiger partial charge is 0.407 e. The number of aromatic amines is 1. The molecule has 0 spiro atoms. The van der Waals surface area contributed by atoms with Crippen molar-refractivity contribution in [3.05, 3.63) is 64.8 Å². The van der Waals surface area contributed by atoms with Crippen LogP contribution in [0.15, 0.2) is 42.6 Å². The average molecular weight is 428 g/mol. The Balaban J connectivity index is 1.94. The first kappa shape index (κ1) is 22.5. The summed E-state index contributed by atoms with van der Waals surface area (Å²) in [5.74, 6) is 0.568. The van der Waals surface area contributed by atoms with Crippen LogP contribution in [-0.4, -0.2) is 23.8 Å². The Morgan fingerprint density at radius 1 is 1.19 bits per heavy atom. The molecule has 7 nitrogen and oxygen atoms in total. The van der Waals surface area contributed by atoms with Gasteiger partial charge in [0.05, 0.1) is 30.4 Å². The third-order valence-electron chi connectivity index (χ3n) is 4.65. The summed E-state index contributed by atoms with van der Waals surface area (Å²) >= 11 is 0. The Hall–Kier alpha value is -4.23. The summed E-state index contributed by atoms with van der Waals surface area (Å²) in [6.07, 6.45) is 2.98. The fraction of sp³-hybridized carbons (Fsp3) is 0.240. The molecule has 0 atom stereocenters. The SMILES string of the molecule is COc1ccc(C#N)cc1/C=C(\C#N)c1c[nH]c2ccc(CNC(=O)OC(C)(C)C)cc12. The van der Waals surface area contributed by atoms with Gasteiger partial charge in [0.1, 0.15) is 11.4 Å². The van der Waals surface area contributed by atoms with Crippen LogP contribution in [0.5, 0.6) is 5.75 Å². The number of H-pyrrole nitrogens is 1. The molecule has 0 saturated carbocycles. The second-order valence-electron chi connectivity index (χ2n) is 8.18. The van der Waals surface area contributed by atoms with Crippen molar-refractivity contribution in [2.75, 3.05) is 7.11 Å². The number of hydrogen-bond donors (Lipinski definition) is 2. The van der Waals surface area contributed by atoms with Crippen LogP contribution >= 0.6 is 0 Å². The third kappa shape index (κ3) is 5.27. The quantitative estimate of drug-likeness (QED) is 0.547. The molecule has 1 amide bonds. The number of carbonyl (C=O) groups is 1. The lowest BCUT2D eigenvalue weighted by Gasteiger charge is -2.19. The Morgan fingerprint density at radius 3 is 2.62 bits per heavy atom.